The molecule has 2 aromatic rings. The molecule has 6 heteroatoms. The number of ether oxygens (including phenoxy) is 1. The predicted molar refractivity (Wildman–Crippen MR) is 120 cm³/mol. The zero-order valence-electron chi connectivity index (χ0n) is 18.0. The van der Waals surface area contributed by atoms with Gasteiger partial charge in [-0.3, -0.25) is 4.90 Å². The van der Waals surface area contributed by atoms with Crippen molar-refractivity contribution in [3.8, 4) is 0 Å². The van der Waals surface area contributed by atoms with Gasteiger partial charge in [0, 0.05) is 44.9 Å². The van der Waals surface area contributed by atoms with E-state index < -0.39 is 0 Å². The Morgan fingerprint density at radius 2 is 1.90 bits per heavy atom. The molecule has 0 spiro atoms. The number of piperidine rings is 1. The van der Waals surface area contributed by atoms with Crippen molar-refractivity contribution in [2.45, 2.75) is 45.5 Å². The van der Waals surface area contributed by atoms with E-state index in [9.17, 15) is 4.39 Å². The molecule has 3 rings (SSSR count). The molecule has 0 radical (unpaired) electrons. The number of nitrogens with one attached hydrogen (secondary N) is 2. The summed E-state index contributed by atoms with van der Waals surface area (Å²) >= 11 is 0. The number of hydrogen-bond donors (Lipinski definition) is 2. The first-order valence-corrected chi connectivity index (χ1v) is 10.7. The van der Waals surface area contributed by atoms with Crippen molar-refractivity contribution in [1.29, 1.82) is 0 Å². The molecular formula is C24H33FN4O. The highest BCUT2D eigenvalue weighted by molar-refractivity contribution is 5.80. The maximum atomic E-state index is 13.8. The molecule has 0 saturated carbocycles. The average molecular weight is 413 g/mol. The minimum atomic E-state index is -0.239. The van der Waals surface area contributed by atoms with Crippen LogP contribution >= 0.6 is 0 Å². The van der Waals surface area contributed by atoms with E-state index in [1.165, 1.54) is 11.6 Å². The molecule has 1 saturated heterocycles. The number of rotatable bonds is 8. The van der Waals surface area contributed by atoms with E-state index in [4.69, 9.17) is 9.73 Å². The monoisotopic (exact) mass is 412 g/mol. The lowest BCUT2D eigenvalue weighted by molar-refractivity contribution is 0.181. The highest BCUT2D eigenvalue weighted by Gasteiger charge is 2.20. The van der Waals surface area contributed by atoms with Gasteiger partial charge in [0.1, 0.15) is 5.82 Å². The Kier molecular flexibility index (Phi) is 8.66. The van der Waals surface area contributed by atoms with Gasteiger partial charge in [-0.05, 0) is 43.0 Å². The second-order valence-corrected chi connectivity index (χ2v) is 7.73. The molecule has 162 valence electrons. The summed E-state index contributed by atoms with van der Waals surface area (Å²) in [6.07, 6.45) is 2.18. The number of likely N-dealkylation sites (tertiary alicyclic amines) is 1. The first-order valence-electron chi connectivity index (χ1n) is 10.7. The summed E-state index contributed by atoms with van der Waals surface area (Å²) in [5.41, 5.74) is 2.90. The predicted octanol–water partition coefficient (Wildman–Crippen LogP) is 3.69. The van der Waals surface area contributed by atoms with Gasteiger partial charge in [0.25, 0.3) is 0 Å². The summed E-state index contributed by atoms with van der Waals surface area (Å²) in [5, 5.41) is 6.91. The van der Waals surface area contributed by atoms with Crippen LogP contribution in [0.2, 0.25) is 0 Å². The largest absolute Gasteiger partial charge is 0.380 e. The Labute approximate surface area is 179 Å². The van der Waals surface area contributed by atoms with Crippen LogP contribution in [0.15, 0.2) is 53.5 Å². The Bertz CT molecular complexity index is 804. The number of aliphatic imine (C=N–C) groups is 1. The lowest BCUT2D eigenvalue weighted by Gasteiger charge is -2.33. The summed E-state index contributed by atoms with van der Waals surface area (Å²) in [6, 6.07) is 16.1. The zero-order valence-corrected chi connectivity index (χ0v) is 18.0. The van der Waals surface area contributed by atoms with Crippen LogP contribution in [0.25, 0.3) is 0 Å². The molecule has 1 aliphatic rings. The molecular weight excluding hydrogens is 379 g/mol. The Hall–Kier alpha value is -2.44. The summed E-state index contributed by atoms with van der Waals surface area (Å²) in [5.74, 6) is 0.577. The van der Waals surface area contributed by atoms with Gasteiger partial charge in [0.05, 0.1) is 13.2 Å². The molecule has 1 aliphatic heterocycles. The zero-order chi connectivity index (χ0) is 21.2. The van der Waals surface area contributed by atoms with E-state index in [1.807, 2.05) is 6.07 Å². The smallest absolute Gasteiger partial charge is 0.191 e. The van der Waals surface area contributed by atoms with Crippen molar-refractivity contribution in [2.75, 3.05) is 26.7 Å². The third-order valence-electron chi connectivity index (χ3n) is 5.35. The quantitative estimate of drug-likeness (QED) is 0.513. The molecule has 2 aromatic carbocycles. The van der Waals surface area contributed by atoms with Gasteiger partial charge < -0.3 is 15.4 Å². The van der Waals surface area contributed by atoms with Gasteiger partial charge in [0.2, 0.25) is 0 Å². The van der Waals surface area contributed by atoms with Crippen LogP contribution in [-0.4, -0.2) is 43.6 Å². The van der Waals surface area contributed by atoms with Crippen LogP contribution < -0.4 is 10.6 Å². The van der Waals surface area contributed by atoms with E-state index in [1.54, 1.807) is 13.2 Å². The molecule has 0 aliphatic carbocycles. The van der Waals surface area contributed by atoms with Crippen LogP contribution in [0.4, 0.5) is 4.39 Å². The van der Waals surface area contributed by atoms with E-state index in [2.05, 4.69) is 52.8 Å². The van der Waals surface area contributed by atoms with Crippen molar-refractivity contribution >= 4 is 5.96 Å². The fraction of sp³-hybridized carbons (Fsp3) is 0.458. The molecule has 1 fully saturated rings. The summed E-state index contributed by atoms with van der Waals surface area (Å²) in [6.45, 7) is 6.79. The maximum absolute atomic E-state index is 13.8. The number of benzene rings is 2. The second kappa shape index (κ2) is 11.7. The number of guanidine groups is 1. The number of hydrogen-bond acceptors (Lipinski definition) is 3. The van der Waals surface area contributed by atoms with Crippen molar-refractivity contribution in [3.05, 3.63) is 71.0 Å². The van der Waals surface area contributed by atoms with Gasteiger partial charge in [0.15, 0.2) is 5.96 Å². The third-order valence-corrected chi connectivity index (χ3v) is 5.35. The fourth-order valence-electron chi connectivity index (χ4n) is 3.75. The van der Waals surface area contributed by atoms with Gasteiger partial charge >= 0.3 is 0 Å². The maximum Gasteiger partial charge on any atom is 0.191 e. The summed E-state index contributed by atoms with van der Waals surface area (Å²) in [4.78, 5) is 7.22. The third kappa shape index (κ3) is 6.82. The lowest BCUT2D eigenvalue weighted by atomic mass is 10.0. The number of methoxy groups -OCH3 is 1. The van der Waals surface area contributed by atoms with Gasteiger partial charge in [-0.2, -0.15) is 0 Å². The van der Waals surface area contributed by atoms with Crippen molar-refractivity contribution in [1.82, 2.24) is 15.5 Å². The second-order valence-electron chi connectivity index (χ2n) is 7.73. The van der Waals surface area contributed by atoms with Crippen LogP contribution in [-0.2, 0) is 24.4 Å². The molecule has 0 atom stereocenters. The molecule has 1 heterocycles. The molecule has 0 aromatic heterocycles. The Balaban J connectivity index is 1.52. The minimum Gasteiger partial charge on any atom is -0.380 e. The molecule has 30 heavy (non-hydrogen) atoms. The van der Waals surface area contributed by atoms with Crippen LogP contribution in [0, 0.1) is 5.82 Å². The topological polar surface area (TPSA) is 48.9 Å². The average Bonchev–Trinajstić information content (AvgIpc) is 2.76. The first-order chi connectivity index (χ1) is 14.7. The standard InChI is InChI=1S/C24H33FN4O/c1-3-26-24(27-16-20-9-10-23(25)21(15-20)18-30-2)28-22-11-13-29(14-12-22)17-19-7-5-4-6-8-19/h4-10,15,22H,3,11-14,16-18H2,1-2H3,(H2,26,27,28). The molecule has 0 bridgehead atoms. The van der Waals surface area contributed by atoms with E-state index in [0.29, 0.717) is 18.2 Å². The van der Waals surface area contributed by atoms with Crippen LogP contribution in [0.5, 0.6) is 0 Å². The fourth-order valence-corrected chi connectivity index (χ4v) is 3.75. The highest BCUT2D eigenvalue weighted by Crippen LogP contribution is 2.15. The van der Waals surface area contributed by atoms with Gasteiger partial charge in [-0.1, -0.05) is 36.4 Å². The highest BCUT2D eigenvalue weighted by atomic mass is 19.1. The SMILES string of the molecule is CCNC(=NCc1ccc(F)c(COC)c1)NC1CCN(Cc2ccccc2)CC1. The van der Waals surface area contributed by atoms with Crippen LogP contribution in [0.1, 0.15) is 36.5 Å². The molecule has 0 unspecified atom stereocenters. The Morgan fingerprint density at radius 3 is 2.60 bits per heavy atom. The number of halogens is 1. The van der Waals surface area contributed by atoms with Crippen molar-refractivity contribution < 1.29 is 9.13 Å². The van der Waals surface area contributed by atoms with Gasteiger partial charge in [-0.25, -0.2) is 9.38 Å². The summed E-state index contributed by atoms with van der Waals surface area (Å²) in [7, 11) is 1.57. The molecule has 0 amide bonds. The first kappa shape index (κ1) is 22.2. The van der Waals surface area contributed by atoms with Gasteiger partial charge in [-0.15, -0.1) is 0 Å². The molecule has 5 nitrogen and oxygen atoms in total. The minimum absolute atomic E-state index is 0.239. The number of nitrogens with zero attached hydrogens (tertiary/aromatic N) is 2. The van der Waals surface area contributed by atoms with Crippen molar-refractivity contribution in [2.24, 2.45) is 4.99 Å². The lowest BCUT2D eigenvalue weighted by Crippen LogP contribution is -2.48. The normalized spacial score (nSPS) is 15.9. The summed E-state index contributed by atoms with van der Waals surface area (Å²) < 4.78 is 18.9. The van der Waals surface area contributed by atoms with Crippen LogP contribution in [0.3, 0.4) is 0 Å². The Morgan fingerprint density at radius 1 is 1.13 bits per heavy atom. The van der Waals surface area contributed by atoms with Crippen molar-refractivity contribution in [3.63, 3.8) is 0 Å². The van der Waals surface area contributed by atoms with E-state index >= 15 is 0 Å². The molecule has 2 N–H and O–H groups in total. The van der Waals surface area contributed by atoms with E-state index in [-0.39, 0.29) is 12.4 Å². The van der Waals surface area contributed by atoms with E-state index in [0.717, 1.165) is 50.5 Å².